The topological polar surface area (TPSA) is 80.9 Å². The molecule has 0 spiro atoms. The molecule has 158 valence electrons. The predicted octanol–water partition coefficient (Wildman–Crippen LogP) is 3.22. The average molecular weight is 401 g/mol. The highest BCUT2D eigenvalue weighted by Gasteiger charge is 2.17. The highest BCUT2D eigenvalue weighted by molar-refractivity contribution is 5.79. The van der Waals surface area contributed by atoms with E-state index in [9.17, 15) is 0 Å². The first-order chi connectivity index (χ1) is 14.2. The summed E-state index contributed by atoms with van der Waals surface area (Å²) < 4.78 is 16.9. The molecule has 1 aliphatic rings. The van der Waals surface area contributed by atoms with Crippen molar-refractivity contribution in [3.05, 3.63) is 46.8 Å². The van der Waals surface area contributed by atoms with Gasteiger partial charge in [0.1, 0.15) is 5.75 Å². The zero-order valence-electron chi connectivity index (χ0n) is 17.7. The summed E-state index contributed by atoms with van der Waals surface area (Å²) >= 11 is 0. The van der Waals surface area contributed by atoms with Gasteiger partial charge in [-0.2, -0.15) is 0 Å². The molecule has 2 N–H and O–H groups in total. The third kappa shape index (κ3) is 6.49. The van der Waals surface area contributed by atoms with Gasteiger partial charge in [0.15, 0.2) is 11.7 Å². The molecule has 3 rings (SSSR count). The number of nitrogens with zero attached hydrogens (tertiary/aromatic N) is 2. The molecule has 7 nitrogen and oxygen atoms in total. The Bertz CT molecular complexity index is 797. The number of aliphatic imine (C=N–C) groups is 1. The van der Waals surface area contributed by atoms with E-state index in [2.05, 4.69) is 47.8 Å². The zero-order chi connectivity index (χ0) is 20.5. The molecule has 1 aromatic carbocycles. The summed E-state index contributed by atoms with van der Waals surface area (Å²) in [5, 5.41) is 10.6. The quantitative estimate of drug-likeness (QED) is 0.497. The summed E-state index contributed by atoms with van der Waals surface area (Å²) in [6, 6.07) is 8.24. The van der Waals surface area contributed by atoms with E-state index in [-0.39, 0.29) is 0 Å². The predicted molar refractivity (Wildman–Crippen MR) is 113 cm³/mol. The third-order valence-corrected chi connectivity index (χ3v) is 4.87. The van der Waals surface area contributed by atoms with Crippen LogP contribution >= 0.6 is 0 Å². The van der Waals surface area contributed by atoms with Crippen LogP contribution < -0.4 is 15.4 Å². The maximum Gasteiger partial charge on any atom is 0.191 e. The third-order valence-electron chi connectivity index (χ3n) is 4.87. The first-order valence-electron chi connectivity index (χ1n) is 10.4. The Kier molecular flexibility index (Phi) is 7.93. The van der Waals surface area contributed by atoms with Crippen LogP contribution in [0.1, 0.15) is 42.8 Å². The van der Waals surface area contributed by atoms with E-state index in [1.54, 1.807) is 0 Å². The molecule has 2 heterocycles. The molecule has 0 amide bonds. The summed E-state index contributed by atoms with van der Waals surface area (Å²) in [6.45, 7) is 10.3. The van der Waals surface area contributed by atoms with Crippen LogP contribution in [0.15, 0.2) is 33.8 Å². The SMILES string of the molecule is CCNC(=NCc1ccc(C)cc1OCC1CCOC1)NCc1cc(CC)no1. The number of nitrogens with one attached hydrogen (secondary N) is 2. The van der Waals surface area contributed by atoms with Crippen LogP contribution in [0.5, 0.6) is 5.75 Å². The Hall–Kier alpha value is -2.54. The van der Waals surface area contributed by atoms with E-state index in [1.165, 1.54) is 5.56 Å². The van der Waals surface area contributed by atoms with Crippen molar-refractivity contribution < 1.29 is 14.0 Å². The molecule has 0 radical (unpaired) electrons. The van der Waals surface area contributed by atoms with Crippen LogP contribution in [0.25, 0.3) is 0 Å². The monoisotopic (exact) mass is 400 g/mol. The number of aryl methyl sites for hydroxylation is 2. The smallest absolute Gasteiger partial charge is 0.191 e. The maximum absolute atomic E-state index is 6.13. The van der Waals surface area contributed by atoms with E-state index in [0.29, 0.717) is 25.6 Å². The molecule has 0 saturated carbocycles. The molecule has 29 heavy (non-hydrogen) atoms. The van der Waals surface area contributed by atoms with Crippen molar-refractivity contribution in [3.8, 4) is 5.75 Å². The van der Waals surface area contributed by atoms with Gasteiger partial charge in [-0.15, -0.1) is 0 Å². The van der Waals surface area contributed by atoms with Crippen LogP contribution in [0, 0.1) is 12.8 Å². The fourth-order valence-electron chi connectivity index (χ4n) is 3.13. The van der Waals surface area contributed by atoms with Gasteiger partial charge in [0.25, 0.3) is 0 Å². The molecular formula is C22H32N4O3. The van der Waals surface area contributed by atoms with Gasteiger partial charge in [-0.1, -0.05) is 24.2 Å². The largest absolute Gasteiger partial charge is 0.493 e. The normalized spacial score (nSPS) is 16.8. The molecular weight excluding hydrogens is 368 g/mol. The van der Waals surface area contributed by atoms with Crippen LogP contribution in [0.2, 0.25) is 0 Å². The van der Waals surface area contributed by atoms with Gasteiger partial charge in [-0.05, 0) is 38.3 Å². The van der Waals surface area contributed by atoms with E-state index >= 15 is 0 Å². The van der Waals surface area contributed by atoms with Gasteiger partial charge in [0, 0.05) is 30.7 Å². The van der Waals surface area contributed by atoms with Crippen LogP contribution in [-0.4, -0.2) is 37.5 Å². The number of aromatic nitrogens is 1. The highest BCUT2D eigenvalue weighted by Crippen LogP contribution is 2.23. The minimum atomic E-state index is 0.473. The summed E-state index contributed by atoms with van der Waals surface area (Å²) in [7, 11) is 0. The number of ether oxygens (including phenoxy) is 2. The summed E-state index contributed by atoms with van der Waals surface area (Å²) in [4.78, 5) is 4.72. The van der Waals surface area contributed by atoms with Gasteiger partial charge >= 0.3 is 0 Å². The second-order valence-corrected chi connectivity index (χ2v) is 7.34. The van der Waals surface area contributed by atoms with E-state index in [0.717, 1.165) is 61.3 Å². The summed E-state index contributed by atoms with van der Waals surface area (Å²) in [5.74, 6) is 2.91. The average Bonchev–Trinajstić information content (AvgIpc) is 3.41. The zero-order valence-corrected chi connectivity index (χ0v) is 17.7. The molecule has 0 bridgehead atoms. The van der Waals surface area contributed by atoms with Crippen LogP contribution in [0.4, 0.5) is 0 Å². The second-order valence-electron chi connectivity index (χ2n) is 7.34. The fourth-order valence-corrected chi connectivity index (χ4v) is 3.13. The van der Waals surface area contributed by atoms with Crippen molar-refractivity contribution in [1.29, 1.82) is 0 Å². The Morgan fingerprint density at radius 2 is 2.17 bits per heavy atom. The lowest BCUT2D eigenvalue weighted by molar-refractivity contribution is 0.166. The lowest BCUT2D eigenvalue weighted by Gasteiger charge is -2.15. The lowest BCUT2D eigenvalue weighted by Crippen LogP contribution is -2.36. The van der Waals surface area contributed by atoms with Crippen molar-refractivity contribution in [2.24, 2.45) is 10.9 Å². The second kappa shape index (κ2) is 10.9. The van der Waals surface area contributed by atoms with E-state index in [4.69, 9.17) is 19.0 Å². The molecule has 1 fully saturated rings. The molecule has 1 unspecified atom stereocenters. The van der Waals surface area contributed by atoms with Crippen molar-refractivity contribution >= 4 is 5.96 Å². The minimum absolute atomic E-state index is 0.473. The summed E-state index contributed by atoms with van der Waals surface area (Å²) in [5.41, 5.74) is 3.20. The Morgan fingerprint density at radius 3 is 2.90 bits per heavy atom. The van der Waals surface area contributed by atoms with Crippen LogP contribution in [0.3, 0.4) is 0 Å². The van der Waals surface area contributed by atoms with E-state index in [1.807, 2.05) is 13.0 Å². The van der Waals surface area contributed by atoms with Crippen LogP contribution in [-0.2, 0) is 24.2 Å². The van der Waals surface area contributed by atoms with Crippen molar-refractivity contribution in [3.63, 3.8) is 0 Å². The Morgan fingerprint density at radius 1 is 1.28 bits per heavy atom. The number of rotatable bonds is 9. The maximum atomic E-state index is 6.13. The van der Waals surface area contributed by atoms with Gasteiger partial charge in [-0.25, -0.2) is 4.99 Å². The number of guanidine groups is 1. The molecule has 1 aliphatic heterocycles. The molecule has 0 aliphatic carbocycles. The van der Waals surface area contributed by atoms with Crippen molar-refractivity contribution in [1.82, 2.24) is 15.8 Å². The lowest BCUT2D eigenvalue weighted by atomic mass is 10.1. The van der Waals surface area contributed by atoms with E-state index < -0.39 is 0 Å². The highest BCUT2D eigenvalue weighted by atomic mass is 16.5. The van der Waals surface area contributed by atoms with Gasteiger partial charge in [0.2, 0.25) is 0 Å². The molecule has 2 aromatic rings. The summed E-state index contributed by atoms with van der Waals surface area (Å²) in [6.07, 6.45) is 1.93. The Labute approximate surface area is 172 Å². The molecule has 1 atom stereocenters. The van der Waals surface area contributed by atoms with Crippen molar-refractivity contribution in [2.45, 2.75) is 46.7 Å². The molecule has 1 aromatic heterocycles. The molecule has 1 saturated heterocycles. The number of benzene rings is 1. The minimum Gasteiger partial charge on any atom is -0.493 e. The first kappa shape index (κ1) is 21.2. The number of hydrogen-bond donors (Lipinski definition) is 2. The standard InChI is InChI=1S/C22H32N4O3/c1-4-19-11-20(29-26-19)13-25-22(23-5-2)24-12-18-7-6-16(3)10-21(18)28-15-17-8-9-27-14-17/h6-7,10-11,17H,4-5,8-9,12-15H2,1-3H3,(H2,23,24,25). The fraction of sp³-hybridized carbons (Fsp3) is 0.545. The van der Waals surface area contributed by atoms with Crippen molar-refractivity contribution in [2.75, 3.05) is 26.4 Å². The van der Waals surface area contributed by atoms with Gasteiger partial charge in [0.05, 0.1) is 32.0 Å². The number of hydrogen-bond acceptors (Lipinski definition) is 5. The van der Waals surface area contributed by atoms with Gasteiger partial charge < -0.3 is 24.6 Å². The Balaban J connectivity index is 1.62. The molecule has 7 heteroatoms. The van der Waals surface area contributed by atoms with Gasteiger partial charge in [-0.3, -0.25) is 0 Å². The first-order valence-corrected chi connectivity index (χ1v) is 10.4.